The Morgan fingerprint density at radius 2 is 1.39 bits per heavy atom. The quantitative estimate of drug-likeness (QED) is 0.258. The van der Waals surface area contributed by atoms with Gasteiger partial charge in [-0.25, -0.2) is 4.79 Å². The number of rotatable bonds is 11. The van der Waals surface area contributed by atoms with Gasteiger partial charge in [-0.3, -0.25) is 9.69 Å². The third kappa shape index (κ3) is 10.2. The van der Waals surface area contributed by atoms with Crippen LogP contribution in [0.15, 0.2) is 72.8 Å². The van der Waals surface area contributed by atoms with Crippen molar-refractivity contribution >= 4 is 12.0 Å². The van der Waals surface area contributed by atoms with Crippen molar-refractivity contribution in [3.63, 3.8) is 0 Å². The van der Waals surface area contributed by atoms with Crippen molar-refractivity contribution < 1.29 is 14.3 Å². The molecule has 2 amide bonds. The number of nitrogens with zero attached hydrogens (tertiary/aromatic N) is 1. The molecule has 6 heteroatoms. The number of likely N-dealkylation sites (tertiary alicyclic amines) is 1. The highest BCUT2D eigenvalue weighted by Crippen LogP contribution is 2.38. The number of alkyl carbamates (subject to hydrolysis) is 1. The Balaban J connectivity index is 2.07. The molecule has 0 unspecified atom stereocenters. The number of hydrogen-bond acceptors (Lipinski definition) is 4. The molecular formula is C38H57N3O3. The van der Waals surface area contributed by atoms with E-state index < -0.39 is 17.1 Å². The first kappa shape index (κ1) is 35.4. The molecule has 1 heterocycles. The number of hydrogen-bond donors (Lipinski definition) is 2. The first-order chi connectivity index (χ1) is 20.4. The lowest BCUT2D eigenvalue weighted by atomic mass is 9.73. The fraction of sp³-hybridized carbons (Fsp3) is 0.579. The molecule has 3 rings (SSSR count). The molecule has 2 N–H and O–H groups in total. The molecule has 1 atom stereocenters. The summed E-state index contributed by atoms with van der Waals surface area (Å²) in [4.78, 5) is 30.1. The van der Waals surface area contributed by atoms with E-state index in [4.69, 9.17) is 4.74 Å². The van der Waals surface area contributed by atoms with E-state index in [0.29, 0.717) is 18.8 Å². The Bertz CT molecular complexity index is 1190. The normalized spacial score (nSPS) is 18.2. The van der Waals surface area contributed by atoms with Crippen LogP contribution in [0.3, 0.4) is 0 Å². The number of piperidine rings is 1. The van der Waals surface area contributed by atoms with Gasteiger partial charge in [-0.05, 0) is 105 Å². The van der Waals surface area contributed by atoms with E-state index in [1.165, 1.54) is 0 Å². The van der Waals surface area contributed by atoms with Crippen molar-refractivity contribution in [2.45, 2.75) is 123 Å². The van der Waals surface area contributed by atoms with Crippen LogP contribution in [-0.4, -0.2) is 52.7 Å². The summed E-state index contributed by atoms with van der Waals surface area (Å²) in [5.74, 6) is 0.345. The predicted octanol–water partition coefficient (Wildman–Crippen LogP) is 7.72. The third-order valence-electron chi connectivity index (χ3n) is 8.90. The van der Waals surface area contributed by atoms with Gasteiger partial charge in [-0.2, -0.15) is 0 Å². The molecule has 0 aromatic heterocycles. The van der Waals surface area contributed by atoms with Crippen molar-refractivity contribution in [2.75, 3.05) is 7.05 Å². The zero-order chi connectivity index (χ0) is 32.8. The van der Waals surface area contributed by atoms with E-state index in [1.54, 1.807) is 0 Å². The topological polar surface area (TPSA) is 70.7 Å². The van der Waals surface area contributed by atoms with Crippen LogP contribution in [0.2, 0.25) is 0 Å². The number of carbonyl (C=O) groups excluding carboxylic acids is 2. The summed E-state index contributed by atoms with van der Waals surface area (Å²) >= 11 is 0. The van der Waals surface area contributed by atoms with Crippen molar-refractivity contribution in [3.05, 3.63) is 83.9 Å². The smallest absolute Gasteiger partial charge is 0.408 e. The van der Waals surface area contributed by atoms with Gasteiger partial charge < -0.3 is 15.4 Å². The van der Waals surface area contributed by atoms with Crippen LogP contribution in [0.1, 0.15) is 92.7 Å². The van der Waals surface area contributed by atoms with Crippen LogP contribution in [0.5, 0.6) is 0 Å². The maximum Gasteiger partial charge on any atom is 0.408 e. The van der Waals surface area contributed by atoms with Crippen LogP contribution in [-0.2, 0) is 22.4 Å². The van der Waals surface area contributed by atoms with Gasteiger partial charge >= 0.3 is 6.09 Å². The molecule has 1 aliphatic heterocycles. The molecule has 0 saturated carbocycles. The number of amides is 2. The van der Waals surface area contributed by atoms with Crippen molar-refractivity contribution in [1.29, 1.82) is 0 Å². The highest BCUT2D eigenvalue weighted by Gasteiger charge is 2.45. The SMILES string of the molecule is CC(C)C[C@@H](/C=C/C(Cc1ccccc1)(Cc1ccccc1)C(=O)NC1CC(C)(C)N(C)C(C)(C)C1)NC(=O)OC(C)(C)C. The lowest BCUT2D eigenvalue weighted by Gasteiger charge is -2.54. The second-order valence-corrected chi connectivity index (χ2v) is 15.5. The van der Waals surface area contributed by atoms with Gasteiger partial charge in [0, 0.05) is 17.1 Å². The zero-order valence-corrected chi connectivity index (χ0v) is 28.9. The van der Waals surface area contributed by atoms with Crippen molar-refractivity contribution in [1.82, 2.24) is 15.5 Å². The van der Waals surface area contributed by atoms with E-state index in [1.807, 2.05) is 63.2 Å². The molecule has 0 radical (unpaired) electrons. The molecule has 6 nitrogen and oxygen atoms in total. The van der Waals surface area contributed by atoms with Crippen LogP contribution in [0.25, 0.3) is 0 Å². The second kappa shape index (κ2) is 14.3. The van der Waals surface area contributed by atoms with Gasteiger partial charge in [0.05, 0.1) is 11.5 Å². The minimum Gasteiger partial charge on any atom is -0.444 e. The molecule has 1 fully saturated rings. The van der Waals surface area contributed by atoms with Crippen LogP contribution >= 0.6 is 0 Å². The Hall–Kier alpha value is -3.12. The van der Waals surface area contributed by atoms with Crippen molar-refractivity contribution in [3.8, 4) is 0 Å². The van der Waals surface area contributed by atoms with Gasteiger partial charge in [0.1, 0.15) is 5.60 Å². The molecule has 0 spiro atoms. The molecule has 2 aromatic carbocycles. The molecule has 242 valence electrons. The third-order valence-corrected chi connectivity index (χ3v) is 8.90. The lowest BCUT2D eigenvalue weighted by molar-refractivity contribution is -0.130. The van der Waals surface area contributed by atoms with Crippen molar-refractivity contribution in [2.24, 2.45) is 11.3 Å². The summed E-state index contributed by atoms with van der Waals surface area (Å²) in [5.41, 5.74) is 0.579. The molecule has 1 aliphatic rings. The predicted molar refractivity (Wildman–Crippen MR) is 182 cm³/mol. The maximum absolute atomic E-state index is 14.8. The molecule has 0 bridgehead atoms. The fourth-order valence-electron chi connectivity index (χ4n) is 6.59. The first-order valence-corrected chi connectivity index (χ1v) is 16.2. The summed E-state index contributed by atoms with van der Waals surface area (Å²) in [6, 6.07) is 20.2. The van der Waals surface area contributed by atoms with Crippen LogP contribution in [0, 0.1) is 11.3 Å². The van der Waals surface area contributed by atoms with Gasteiger partial charge in [0.15, 0.2) is 0 Å². The fourth-order valence-corrected chi connectivity index (χ4v) is 6.59. The van der Waals surface area contributed by atoms with Gasteiger partial charge in [-0.1, -0.05) is 86.7 Å². The molecule has 0 aliphatic carbocycles. The zero-order valence-electron chi connectivity index (χ0n) is 28.9. The Morgan fingerprint density at radius 3 is 1.82 bits per heavy atom. The lowest BCUT2D eigenvalue weighted by Crippen LogP contribution is -2.63. The summed E-state index contributed by atoms with van der Waals surface area (Å²) in [7, 11) is 2.18. The average molecular weight is 604 g/mol. The van der Waals surface area contributed by atoms with Crippen LogP contribution < -0.4 is 10.6 Å². The number of carbonyl (C=O) groups is 2. The second-order valence-electron chi connectivity index (χ2n) is 15.5. The Labute approximate surface area is 267 Å². The van der Waals surface area contributed by atoms with E-state index in [2.05, 4.69) is 94.5 Å². The average Bonchev–Trinajstić information content (AvgIpc) is 2.89. The first-order valence-electron chi connectivity index (χ1n) is 16.2. The summed E-state index contributed by atoms with van der Waals surface area (Å²) in [6.45, 7) is 18.9. The monoisotopic (exact) mass is 603 g/mol. The maximum atomic E-state index is 14.8. The molecule has 1 saturated heterocycles. The van der Waals surface area contributed by atoms with E-state index in [9.17, 15) is 9.59 Å². The van der Waals surface area contributed by atoms with E-state index in [0.717, 1.165) is 30.4 Å². The Kier molecular flexibility index (Phi) is 11.5. The van der Waals surface area contributed by atoms with Crippen LogP contribution in [0.4, 0.5) is 4.79 Å². The van der Waals surface area contributed by atoms with Gasteiger partial charge in [-0.15, -0.1) is 0 Å². The summed E-state index contributed by atoms with van der Waals surface area (Å²) in [6.07, 6.45) is 7.16. The number of benzene rings is 2. The number of ether oxygens (including phenoxy) is 1. The minimum atomic E-state index is -0.884. The summed E-state index contributed by atoms with van der Waals surface area (Å²) < 4.78 is 5.60. The van der Waals surface area contributed by atoms with Gasteiger partial charge in [0.2, 0.25) is 5.91 Å². The number of nitrogens with one attached hydrogen (secondary N) is 2. The minimum absolute atomic E-state index is 0.0168. The molecular weight excluding hydrogens is 546 g/mol. The Morgan fingerprint density at radius 1 is 0.909 bits per heavy atom. The van der Waals surface area contributed by atoms with E-state index in [-0.39, 0.29) is 29.1 Å². The highest BCUT2D eigenvalue weighted by atomic mass is 16.6. The molecule has 44 heavy (non-hydrogen) atoms. The highest BCUT2D eigenvalue weighted by molar-refractivity contribution is 5.86. The standard InChI is InChI=1S/C38H57N3O3/c1-28(2)23-31(40-34(43)44-35(3,4)5)21-22-38(24-29-17-13-11-14-18-29,25-30-19-15-12-16-20-30)33(42)39-32-26-36(6,7)41(10)37(8,9)27-32/h11-22,28,31-32H,23-27H2,1-10H3,(H,39,42)(H,40,43)/b22-21+/t31-/m1/s1. The van der Waals surface area contributed by atoms with E-state index >= 15 is 0 Å². The summed E-state index contributed by atoms with van der Waals surface area (Å²) in [5, 5.41) is 6.61. The van der Waals surface area contributed by atoms with Gasteiger partial charge in [0.25, 0.3) is 0 Å². The largest absolute Gasteiger partial charge is 0.444 e. The molecule has 2 aromatic rings.